The molecule has 1 unspecified atom stereocenters. The molecule has 0 spiro atoms. The van der Waals surface area contributed by atoms with Crippen LogP contribution in [0.1, 0.15) is 35.2 Å². The van der Waals surface area contributed by atoms with Gasteiger partial charge in [-0.2, -0.15) is 0 Å². The number of fused-ring (bicyclic) bond motifs is 3. The van der Waals surface area contributed by atoms with Crippen LogP contribution in [0.3, 0.4) is 0 Å². The van der Waals surface area contributed by atoms with Gasteiger partial charge in [-0.15, -0.1) is 10.2 Å². The number of thioether (sulfide) groups is 1. The Morgan fingerprint density at radius 2 is 1.88 bits per heavy atom. The van der Waals surface area contributed by atoms with Crippen molar-refractivity contribution in [2.75, 3.05) is 6.54 Å². The molecule has 32 heavy (non-hydrogen) atoms. The number of rotatable bonds is 3. The number of nitrogens with zero attached hydrogens (tertiary/aromatic N) is 4. The molecule has 5 rings (SSSR count). The topological polar surface area (TPSA) is 67.6 Å². The van der Waals surface area contributed by atoms with Gasteiger partial charge in [-0.25, -0.2) is 0 Å². The van der Waals surface area contributed by atoms with Crippen molar-refractivity contribution in [1.82, 2.24) is 19.5 Å². The van der Waals surface area contributed by atoms with Crippen LogP contribution >= 0.6 is 23.4 Å². The van der Waals surface area contributed by atoms with Gasteiger partial charge in [0.05, 0.1) is 10.8 Å². The second kappa shape index (κ2) is 8.56. The van der Waals surface area contributed by atoms with Gasteiger partial charge in [0.1, 0.15) is 0 Å². The summed E-state index contributed by atoms with van der Waals surface area (Å²) in [7, 11) is 0. The van der Waals surface area contributed by atoms with E-state index in [1.165, 1.54) is 16.7 Å². The van der Waals surface area contributed by atoms with E-state index >= 15 is 0 Å². The van der Waals surface area contributed by atoms with Gasteiger partial charge >= 0.3 is 0 Å². The van der Waals surface area contributed by atoms with Crippen LogP contribution in [0.25, 0.3) is 16.6 Å². The first kappa shape index (κ1) is 21.0. The van der Waals surface area contributed by atoms with E-state index in [-0.39, 0.29) is 11.8 Å². The highest BCUT2D eigenvalue weighted by atomic mass is 35.5. The van der Waals surface area contributed by atoms with E-state index in [2.05, 4.69) is 23.2 Å². The van der Waals surface area contributed by atoms with Crippen LogP contribution < -0.4 is 0 Å². The first-order valence-corrected chi connectivity index (χ1v) is 11.8. The molecule has 0 bridgehead atoms. The number of benzene rings is 2. The van der Waals surface area contributed by atoms with Crippen LogP contribution in [0, 0.1) is 6.92 Å². The van der Waals surface area contributed by atoms with E-state index in [0.29, 0.717) is 28.7 Å². The average Bonchev–Trinajstić information content (AvgIpc) is 3.11. The molecule has 8 heteroatoms. The maximum atomic E-state index is 13.4. The Kier molecular flexibility index (Phi) is 5.61. The summed E-state index contributed by atoms with van der Waals surface area (Å²) in [4.78, 5) is 27.8. The van der Waals surface area contributed by atoms with Gasteiger partial charge in [-0.1, -0.05) is 48.0 Å². The number of para-hydroxylation sites is 1. The Labute approximate surface area is 194 Å². The normalized spacial score (nSPS) is 17.1. The van der Waals surface area contributed by atoms with Crippen molar-refractivity contribution in [2.45, 2.75) is 36.6 Å². The zero-order chi connectivity index (χ0) is 22.2. The lowest BCUT2D eigenvalue weighted by Crippen LogP contribution is -2.41. The lowest BCUT2D eigenvalue weighted by atomic mass is 10.1. The number of halogens is 1. The molecule has 0 radical (unpaired) electrons. The number of hydrogen-bond donors (Lipinski definition) is 0. The number of aryl methyl sites for hydroxylation is 1. The first-order valence-electron chi connectivity index (χ1n) is 10.5. The van der Waals surface area contributed by atoms with Gasteiger partial charge in [-0.05, 0) is 61.7 Å². The van der Waals surface area contributed by atoms with Crippen molar-refractivity contribution in [3.8, 4) is 0 Å². The molecule has 0 saturated carbocycles. The third-order valence-corrected chi connectivity index (χ3v) is 7.25. The Balaban J connectivity index is 1.48. The van der Waals surface area contributed by atoms with Crippen LogP contribution in [-0.4, -0.2) is 43.1 Å². The summed E-state index contributed by atoms with van der Waals surface area (Å²) in [6.45, 7) is 2.47. The van der Waals surface area contributed by atoms with Crippen molar-refractivity contribution in [3.05, 3.63) is 70.7 Å². The van der Waals surface area contributed by atoms with Gasteiger partial charge in [0.15, 0.2) is 10.8 Å². The number of carbonyl (C=O) groups excluding carboxylic acids is 2. The standard InChI is InChI=1S/C24H21ClN4O2S/c1-15-14-21-26-27-24(29(21)19-7-3-2-6-18(15)19)32-20-8-4-5-13-28(23(20)31)22(30)16-9-11-17(25)12-10-16/h2-3,6-7,9-12,14,20H,4-5,8,13H2,1H3. The fourth-order valence-electron chi connectivity index (χ4n) is 4.14. The van der Waals surface area contributed by atoms with E-state index in [4.69, 9.17) is 11.6 Å². The van der Waals surface area contributed by atoms with Crippen LogP contribution in [0.2, 0.25) is 5.02 Å². The van der Waals surface area contributed by atoms with E-state index in [1.807, 2.05) is 28.7 Å². The predicted molar refractivity (Wildman–Crippen MR) is 126 cm³/mol. The molecular formula is C24H21ClN4O2S. The molecule has 0 N–H and O–H groups in total. The quantitative estimate of drug-likeness (QED) is 0.392. The Morgan fingerprint density at radius 1 is 1.09 bits per heavy atom. The molecule has 2 aromatic heterocycles. The van der Waals surface area contributed by atoms with Crippen LogP contribution in [0.4, 0.5) is 0 Å². The summed E-state index contributed by atoms with van der Waals surface area (Å²) < 4.78 is 2.00. The van der Waals surface area contributed by atoms with Crippen LogP contribution in [0.15, 0.2) is 59.8 Å². The molecule has 1 aliphatic heterocycles. The van der Waals surface area contributed by atoms with Crippen molar-refractivity contribution in [2.24, 2.45) is 0 Å². The highest BCUT2D eigenvalue weighted by Gasteiger charge is 2.33. The summed E-state index contributed by atoms with van der Waals surface area (Å²) >= 11 is 7.33. The summed E-state index contributed by atoms with van der Waals surface area (Å²) in [5, 5.41) is 10.7. The lowest BCUT2D eigenvalue weighted by Gasteiger charge is -2.22. The van der Waals surface area contributed by atoms with Crippen LogP contribution in [-0.2, 0) is 4.79 Å². The third-order valence-electron chi connectivity index (χ3n) is 5.80. The highest BCUT2D eigenvalue weighted by molar-refractivity contribution is 8.00. The summed E-state index contributed by atoms with van der Waals surface area (Å²) in [5.41, 5.74) is 3.34. The van der Waals surface area contributed by atoms with E-state index in [9.17, 15) is 9.59 Å². The minimum atomic E-state index is -0.402. The van der Waals surface area contributed by atoms with Gasteiger partial charge in [0, 0.05) is 22.5 Å². The fourth-order valence-corrected chi connectivity index (χ4v) is 5.42. The van der Waals surface area contributed by atoms with Gasteiger partial charge < -0.3 is 0 Å². The zero-order valence-corrected chi connectivity index (χ0v) is 19.1. The number of likely N-dealkylation sites (tertiary alicyclic amines) is 1. The van der Waals surface area contributed by atoms with Gasteiger partial charge in [0.2, 0.25) is 5.91 Å². The Bertz CT molecular complexity index is 1340. The molecular weight excluding hydrogens is 444 g/mol. The second-order valence-electron chi connectivity index (χ2n) is 7.92. The highest BCUT2D eigenvalue weighted by Crippen LogP contribution is 2.32. The largest absolute Gasteiger partial charge is 0.278 e. The summed E-state index contributed by atoms with van der Waals surface area (Å²) in [6, 6.07) is 16.8. The number of imide groups is 1. The molecule has 4 aromatic rings. The molecule has 1 atom stereocenters. The predicted octanol–water partition coefficient (Wildman–Crippen LogP) is 5.16. The lowest BCUT2D eigenvalue weighted by molar-refractivity contribution is -0.127. The Hall–Kier alpha value is -2.90. The van der Waals surface area contributed by atoms with Crippen molar-refractivity contribution >= 4 is 51.7 Å². The van der Waals surface area contributed by atoms with Crippen molar-refractivity contribution < 1.29 is 9.59 Å². The maximum Gasteiger partial charge on any atom is 0.260 e. The first-order chi connectivity index (χ1) is 15.5. The van der Waals surface area contributed by atoms with Crippen molar-refractivity contribution in [3.63, 3.8) is 0 Å². The zero-order valence-electron chi connectivity index (χ0n) is 17.5. The number of pyridine rings is 1. The fraction of sp³-hybridized carbons (Fsp3) is 0.250. The third kappa shape index (κ3) is 3.76. The van der Waals surface area contributed by atoms with Crippen molar-refractivity contribution in [1.29, 1.82) is 0 Å². The van der Waals surface area contributed by atoms with Gasteiger partial charge in [0.25, 0.3) is 5.91 Å². The molecule has 1 aliphatic rings. The van der Waals surface area contributed by atoms with E-state index in [0.717, 1.165) is 35.0 Å². The SMILES string of the molecule is Cc1cc2nnc(SC3CCCCN(C(=O)c4ccc(Cl)cc4)C3=O)n2c2ccccc12. The maximum absolute atomic E-state index is 13.4. The minimum absolute atomic E-state index is 0.180. The number of hydrogen-bond acceptors (Lipinski definition) is 5. The number of aromatic nitrogens is 3. The molecule has 3 heterocycles. The molecule has 0 aliphatic carbocycles. The molecule has 1 saturated heterocycles. The monoisotopic (exact) mass is 464 g/mol. The Morgan fingerprint density at radius 3 is 2.69 bits per heavy atom. The minimum Gasteiger partial charge on any atom is -0.278 e. The number of amides is 2. The number of carbonyl (C=O) groups is 2. The average molecular weight is 465 g/mol. The summed E-state index contributed by atoms with van der Waals surface area (Å²) in [6.07, 6.45) is 2.34. The molecule has 2 amide bonds. The molecule has 162 valence electrons. The van der Waals surface area contributed by atoms with Crippen LogP contribution in [0.5, 0.6) is 0 Å². The molecule has 6 nitrogen and oxygen atoms in total. The van der Waals surface area contributed by atoms with E-state index < -0.39 is 5.25 Å². The second-order valence-corrected chi connectivity index (χ2v) is 9.53. The molecule has 2 aromatic carbocycles. The summed E-state index contributed by atoms with van der Waals surface area (Å²) in [5.74, 6) is -0.466. The smallest absolute Gasteiger partial charge is 0.260 e. The van der Waals surface area contributed by atoms with Gasteiger partial charge in [-0.3, -0.25) is 18.9 Å². The van der Waals surface area contributed by atoms with E-state index in [1.54, 1.807) is 24.3 Å². The molecule has 1 fully saturated rings.